The van der Waals surface area contributed by atoms with Gasteiger partial charge in [0.2, 0.25) is 0 Å². The molecule has 4 N–H and O–H groups in total. The van der Waals surface area contributed by atoms with E-state index in [1.165, 1.54) is 0 Å². The molecule has 0 aromatic carbocycles. The first-order valence-corrected chi connectivity index (χ1v) is 6.46. The van der Waals surface area contributed by atoms with E-state index >= 15 is 0 Å². The van der Waals surface area contributed by atoms with Crippen LogP contribution in [0.4, 0.5) is 0 Å². The number of nitrogens with two attached hydrogens (primary N) is 1. The molecule has 0 aromatic rings. The second kappa shape index (κ2) is 10.0. The molecule has 0 spiro atoms. The van der Waals surface area contributed by atoms with Crippen LogP contribution >= 0.6 is 0 Å². The van der Waals surface area contributed by atoms with Crippen molar-refractivity contribution in [2.24, 2.45) is 5.73 Å². The van der Waals surface area contributed by atoms with Crippen LogP contribution in [0.2, 0.25) is 0 Å². The van der Waals surface area contributed by atoms with Crippen LogP contribution in [0.15, 0.2) is 0 Å². The molecule has 0 amide bonds. The number of nitrogens with zero attached hydrogens (tertiary/aromatic N) is 1. The van der Waals surface area contributed by atoms with Gasteiger partial charge < -0.3 is 16.4 Å². The Kier molecular flexibility index (Phi) is 9.92. The van der Waals surface area contributed by atoms with Gasteiger partial charge in [-0.3, -0.25) is 4.90 Å². The first-order valence-electron chi connectivity index (χ1n) is 6.46. The van der Waals surface area contributed by atoms with Crippen molar-refractivity contribution >= 4 is 0 Å². The molecular formula is C12H30N4. The number of hydrogen-bond donors (Lipinski definition) is 3. The monoisotopic (exact) mass is 230 g/mol. The van der Waals surface area contributed by atoms with Crippen LogP contribution in [0.1, 0.15) is 27.7 Å². The lowest BCUT2D eigenvalue weighted by Crippen LogP contribution is -2.42. The van der Waals surface area contributed by atoms with Crippen LogP contribution in [-0.2, 0) is 0 Å². The fraction of sp³-hybridized carbons (Fsp3) is 1.00. The third-order valence-corrected chi connectivity index (χ3v) is 2.58. The Morgan fingerprint density at radius 2 is 1.62 bits per heavy atom. The number of rotatable bonds is 10. The summed E-state index contributed by atoms with van der Waals surface area (Å²) in [5.74, 6) is 0. The molecule has 0 aliphatic heterocycles. The third-order valence-electron chi connectivity index (χ3n) is 2.58. The Labute approximate surface area is 101 Å². The SMILES string of the molecule is CC(C)NCCN(CCNCCN)C(C)C. The molecule has 0 heterocycles. The van der Waals surface area contributed by atoms with Gasteiger partial charge in [-0.1, -0.05) is 13.8 Å². The predicted octanol–water partition coefficient (Wildman–Crippen LogP) is 0.243. The second-order valence-corrected chi connectivity index (χ2v) is 4.78. The topological polar surface area (TPSA) is 53.3 Å². The molecular weight excluding hydrogens is 200 g/mol. The fourth-order valence-electron chi connectivity index (χ4n) is 1.57. The Hall–Kier alpha value is -0.160. The molecule has 4 nitrogen and oxygen atoms in total. The summed E-state index contributed by atoms with van der Waals surface area (Å²) >= 11 is 0. The third kappa shape index (κ3) is 9.09. The predicted molar refractivity (Wildman–Crippen MR) is 71.8 cm³/mol. The van der Waals surface area contributed by atoms with Crippen LogP contribution in [0.25, 0.3) is 0 Å². The maximum atomic E-state index is 5.43. The highest BCUT2D eigenvalue weighted by Gasteiger charge is 2.08. The minimum atomic E-state index is 0.573. The maximum Gasteiger partial charge on any atom is 0.0110 e. The largest absolute Gasteiger partial charge is 0.329 e. The van der Waals surface area contributed by atoms with Gasteiger partial charge in [0.15, 0.2) is 0 Å². The van der Waals surface area contributed by atoms with Crippen molar-refractivity contribution in [3.63, 3.8) is 0 Å². The summed E-state index contributed by atoms with van der Waals surface area (Å²) < 4.78 is 0. The highest BCUT2D eigenvalue weighted by Crippen LogP contribution is 1.95. The zero-order valence-electron chi connectivity index (χ0n) is 11.4. The van der Waals surface area contributed by atoms with E-state index in [0.29, 0.717) is 12.1 Å². The molecule has 16 heavy (non-hydrogen) atoms. The summed E-state index contributed by atoms with van der Waals surface area (Å²) in [7, 11) is 0. The maximum absolute atomic E-state index is 5.43. The Morgan fingerprint density at radius 3 is 2.12 bits per heavy atom. The lowest BCUT2D eigenvalue weighted by atomic mass is 10.3. The second-order valence-electron chi connectivity index (χ2n) is 4.78. The van der Waals surface area contributed by atoms with Crippen molar-refractivity contribution in [3.05, 3.63) is 0 Å². The lowest BCUT2D eigenvalue weighted by molar-refractivity contribution is 0.221. The molecule has 98 valence electrons. The summed E-state index contributed by atoms with van der Waals surface area (Å²) in [6, 6.07) is 1.18. The average molecular weight is 230 g/mol. The molecule has 0 atom stereocenters. The summed E-state index contributed by atoms with van der Waals surface area (Å²) in [6.45, 7) is 14.8. The van der Waals surface area contributed by atoms with E-state index in [9.17, 15) is 0 Å². The van der Waals surface area contributed by atoms with Crippen LogP contribution in [0, 0.1) is 0 Å². The minimum absolute atomic E-state index is 0.573. The number of hydrogen-bond acceptors (Lipinski definition) is 4. The van der Waals surface area contributed by atoms with Crippen molar-refractivity contribution in [1.82, 2.24) is 15.5 Å². The van der Waals surface area contributed by atoms with Crippen LogP contribution in [0.3, 0.4) is 0 Å². The lowest BCUT2D eigenvalue weighted by Gasteiger charge is -2.27. The van der Waals surface area contributed by atoms with Crippen molar-refractivity contribution < 1.29 is 0 Å². The molecule has 4 heteroatoms. The van der Waals surface area contributed by atoms with Gasteiger partial charge in [0.1, 0.15) is 0 Å². The van der Waals surface area contributed by atoms with Gasteiger partial charge >= 0.3 is 0 Å². The molecule has 0 aliphatic carbocycles. The molecule has 0 aromatic heterocycles. The van der Waals surface area contributed by atoms with Crippen LogP contribution in [-0.4, -0.2) is 56.3 Å². The van der Waals surface area contributed by atoms with Gasteiger partial charge in [-0.05, 0) is 13.8 Å². The molecule has 0 rings (SSSR count). The van der Waals surface area contributed by atoms with Crippen molar-refractivity contribution in [1.29, 1.82) is 0 Å². The van der Waals surface area contributed by atoms with Gasteiger partial charge in [-0.15, -0.1) is 0 Å². The molecule has 0 bridgehead atoms. The highest BCUT2D eigenvalue weighted by molar-refractivity contribution is 4.66. The molecule has 0 unspecified atom stereocenters. The standard InChI is InChI=1S/C12H30N4/c1-11(2)15-8-10-16(12(3)4)9-7-14-6-5-13/h11-12,14-15H,5-10,13H2,1-4H3. The average Bonchev–Trinajstić information content (AvgIpc) is 2.20. The van der Waals surface area contributed by atoms with Gasteiger partial charge in [0.25, 0.3) is 0 Å². The molecule has 0 radical (unpaired) electrons. The summed E-state index contributed by atoms with van der Waals surface area (Å²) in [4.78, 5) is 2.49. The molecule has 0 saturated heterocycles. The van der Waals surface area contributed by atoms with Gasteiger partial charge in [0.05, 0.1) is 0 Å². The number of nitrogens with one attached hydrogen (secondary N) is 2. The Morgan fingerprint density at radius 1 is 1.00 bits per heavy atom. The molecule has 0 aliphatic rings. The van der Waals surface area contributed by atoms with E-state index < -0.39 is 0 Å². The van der Waals surface area contributed by atoms with Crippen LogP contribution in [0.5, 0.6) is 0 Å². The van der Waals surface area contributed by atoms with Gasteiger partial charge in [-0.25, -0.2) is 0 Å². The van der Waals surface area contributed by atoms with Crippen LogP contribution < -0.4 is 16.4 Å². The van der Waals surface area contributed by atoms with Crippen molar-refractivity contribution in [2.75, 3.05) is 39.3 Å². The Balaban J connectivity index is 3.63. The first kappa shape index (κ1) is 15.8. The quantitative estimate of drug-likeness (QED) is 0.471. The molecule has 0 saturated carbocycles. The highest BCUT2D eigenvalue weighted by atomic mass is 15.2. The normalized spacial score (nSPS) is 12.0. The zero-order valence-corrected chi connectivity index (χ0v) is 11.4. The van der Waals surface area contributed by atoms with E-state index in [1.54, 1.807) is 0 Å². The summed E-state index contributed by atoms with van der Waals surface area (Å²) in [6.07, 6.45) is 0. The van der Waals surface area contributed by atoms with Gasteiger partial charge in [-0.2, -0.15) is 0 Å². The van der Waals surface area contributed by atoms with Gasteiger partial charge in [0, 0.05) is 51.4 Å². The van der Waals surface area contributed by atoms with E-state index in [4.69, 9.17) is 5.73 Å². The Bertz CT molecular complexity index is 148. The molecule has 0 fully saturated rings. The van der Waals surface area contributed by atoms with Crippen molar-refractivity contribution in [2.45, 2.75) is 39.8 Å². The fourth-order valence-corrected chi connectivity index (χ4v) is 1.57. The summed E-state index contributed by atoms with van der Waals surface area (Å²) in [5.41, 5.74) is 5.43. The zero-order chi connectivity index (χ0) is 12.4. The van der Waals surface area contributed by atoms with E-state index in [2.05, 4.69) is 43.2 Å². The van der Waals surface area contributed by atoms with E-state index in [0.717, 1.165) is 39.3 Å². The van der Waals surface area contributed by atoms with E-state index in [1.807, 2.05) is 0 Å². The van der Waals surface area contributed by atoms with E-state index in [-0.39, 0.29) is 0 Å². The minimum Gasteiger partial charge on any atom is -0.329 e. The first-order chi connectivity index (χ1) is 7.57. The summed E-state index contributed by atoms with van der Waals surface area (Å²) in [5, 5.41) is 6.78. The smallest absolute Gasteiger partial charge is 0.0110 e. The van der Waals surface area contributed by atoms with Crippen molar-refractivity contribution in [3.8, 4) is 0 Å².